The normalized spacial score (nSPS) is 23.2. The maximum atomic E-state index is 11.8. The zero-order valence-corrected chi connectivity index (χ0v) is 14.4. The summed E-state index contributed by atoms with van der Waals surface area (Å²) in [4.78, 5) is 24.7. The van der Waals surface area contributed by atoms with Crippen LogP contribution < -0.4 is 5.32 Å². The third-order valence-corrected chi connectivity index (χ3v) is 5.34. The number of benzene rings is 1. The molecule has 1 saturated heterocycles. The fourth-order valence-electron chi connectivity index (χ4n) is 4.03. The highest BCUT2D eigenvalue weighted by Crippen LogP contribution is 2.33. The van der Waals surface area contributed by atoms with Gasteiger partial charge in [0, 0.05) is 6.54 Å². The summed E-state index contributed by atoms with van der Waals surface area (Å²) < 4.78 is 0. The van der Waals surface area contributed by atoms with Crippen molar-refractivity contribution in [3.05, 3.63) is 35.4 Å². The van der Waals surface area contributed by atoms with Crippen LogP contribution in [0.5, 0.6) is 0 Å². The molecular formula is C19H26N2O3. The average molecular weight is 330 g/mol. The molecule has 2 amide bonds. The minimum atomic E-state index is -1.06. The lowest BCUT2D eigenvalue weighted by Crippen LogP contribution is -2.75. The Morgan fingerprint density at radius 1 is 1.21 bits per heavy atom. The molecule has 1 saturated carbocycles. The maximum absolute atomic E-state index is 11.8. The van der Waals surface area contributed by atoms with Gasteiger partial charge in [-0.1, -0.05) is 43.5 Å². The molecule has 1 aromatic rings. The van der Waals surface area contributed by atoms with Gasteiger partial charge >= 0.3 is 6.09 Å². The van der Waals surface area contributed by atoms with Crippen LogP contribution >= 0.6 is 0 Å². The molecule has 24 heavy (non-hydrogen) atoms. The van der Waals surface area contributed by atoms with Gasteiger partial charge in [0.15, 0.2) is 0 Å². The van der Waals surface area contributed by atoms with E-state index in [1.54, 1.807) is 0 Å². The monoisotopic (exact) mass is 330 g/mol. The van der Waals surface area contributed by atoms with Crippen molar-refractivity contribution in [2.24, 2.45) is 0 Å². The number of nitrogens with one attached hydrogen (secondary N) is 1. The van der Waals surface area contributed by atoms with Crippen LogP contribution in [0.15, 0.2) is 24.3 Å². The van der Waals surface area contributed by atoms with Gasteiger partial charge in [-0.2, -0.15) is 0 Å². The second kappa shape index (κ2) is 6.46. The lowest BCUT2D eigenvalue weighted by molar-refractivity contribution is -0.141. The van der Waals surface area contributed by atoms with Crippen LogP contribution in [0.4, 0.5) is 4.79 Å². The van der Waals surface area contributed by atoms with E-state index < -0.39 is 17.7 Å². The molecule has 1 heterocycles. The number of β-lactam (4-membered cyclic amide) rings is 1. The van der Waals surface area contributed by atoms with E-state index in [4.69, 9.17) is 0 Å². The average Bonchev–Trinajstić information content (AvgIpc) is 2.55. The first-order valence-corrected chi connectivity index (χ1v) is 8.79. The largest absolute Gasteiger partial charge is 0.465 e. The fourth-order valence-corrected chi connectivity index (χ4v) is 4.03. The van der Waals surface area contributed by atoms with Crippen molar-refractivity contribution in [1.29, 1.82) is 0 Å². The first kappa shape index (κ1) is 16.8. The summed E-state index contributed by atoms with van der Waals surface area (Å²) in [6.07, 6.45) is 5.37. The quantitative estimate of drug-likeness (QED) is 0.830. The number of amides is 2. The SMILES string of the molecule is CC1(C)NC(=O)[C@@H]1N(Cc1ccc(C2CCCCC2)cc1)C(=O)O. The van der Waals surface area contributed by atoms with E-state index in [-0.39, 0.29) is 12.5 Å². The number of hydrogen-bond donors (Lipinski definition) is 2. The smallest absolute Gasteiger partial charge is 0.408 e. The van der Waals surface area contributed by atoms with Crippen LogP contribution in [-0.4, -0.2) is 33.6 Å². The Bertz CT molecular complexity index is 618. The zero-order chi connectivity index (χ0) is 17.3. The number of hydrogen-bond acceptors (Lipinski definition) is 2. The van der Waals surface area contributed by atoms with Crippen molar-refractivity contribution in [2.45, 2.75) is 70.0 Å². The fraction of sp³-hybridized carbons (Fsp3) is 0.579. The Balaban J connectivity index is 1.71. The molecule has 0 radical (unpaired) electrons. The van der Waals surface area contributed by atoms with E-state index in [9.17, 15) is 14.7 Å². The molecule has 3 rings (SSSR count). The van der Waals surface area contributed by atoms with Gasteiger partial charge in [0.1, 0.15) is 6.04 Å². The van der Waals surface area contributed by atoms with Crippen LogP contribution in [0.3, 0.4) is 0 Å². The minimum Gasteiger partial charge on any atom is -0.465 e. The van der Waals surface area contributed by atoms with Gasteiger partial charge in [0.25, 0.3) is 0 Å². The molecule has 2 fully saturated rings. The Morgan fingerprint density at radius 3 is 2.33 bits per heavy atom. The van der Waals surface area contributed by atoms with Crippen LogP contribution in [0.1, 0.15) is 63.0 Å². The van der Waals surface area contributed by atoms with Crippen molar-refractivity contribution < 1.29 is 14.7 Å². The van der Waals surface area contributed by atoms with E-state index in [2.05, 4.69) is 17.4 Å². The lowest BCUT2D eigenvalue weighted by atomic mass is 9.83. The summed E-state index contributed by atoms with van der Waals surface area (Å²) in [5, 5.41) is 12.3. The number of carboxylic acid groups (broad SMARTS) is 1. The Hall–Kier alpha value is -2.04. The molecule has 5 nitrogen and oxygen atoms in total. The summed E-state index contributed by atoms with van der Waals surface area (Å²) in [5.74, 6) is 0.418. The Morgan fingerprint density at radius 2 is 1.83 bits per heavy atom. The second-order valence-electron chi connectivity index (χ2n) is 7.60. The summed E-state index contributed by atoms with van der Waals surface area (Å²) in [6.45, 7) is 3.93. The molecular weight excluding hydrogens is 304 g/mol. The van der Waals surface area contributed by atoms with Gasteiger partial charge in [0.2, 0.25) is 5.91 Å². The van der Waals surface area contributed by atoms with E-state index in [1.807, 2.05) is 26.0 Å². The van der Waals surface area contributed by atoms with Crippen LogP contribution in [0, 0.1) is 0 Å². The van der Waals surface area contributed by atoms with Crippen molar-refractivity contribution in [2.75, 3.05) is 0 Å². The standard InChI is InChI=1S/C19H26N2O3/c1-19(2)16(17(22)20-19)21(18(23)24)12-13-8-10-15(11-9-13)14-6-4-3-5-7-14/h8-11,14,16H,3-7,12H2,1-2H3,(H,20,22)(H,23,24)/t16-/m0/s1. The molecule has 1 aliphatic heterocycles. The van der Waals surface area contributed by atoms with Gasteiger partial charge in [0.05, 0.1) is 5.54 Å². The number of nitrogens with zero attached hydrogens (tertiary/aromatic N) is 1. The Labute approximate surface area is 143 Å². The third kappa shape index (κ3) is 3.25. The third-order valence-electron chi connectivity index (χ3n) is 5.34. The van der Waals surface area contributed by atoms with Crippen LogP contribution in [0.25, 0.3) is 0 Å². The molecule has 0 unspecified atom stereocenters. The predicted octanol–water partition coefficient (Wildman–Crippen LogP) is 3.49. The van der Waals surface area contributed by atoms with Gasteiger partial charge in [-0.25, -0.2) is 4.79 Å². The van der Waals surface area contributed by atoms with Gasteiger partial charge in [-0.05, 0) is 43.7 Å². The van der Waals surface area contributed by atoms with E-state index in [0.29, 0.717) is 5.92 Å². The highest BCUT2D eigenvalue weighted by atomic mass is 16.4. The molecule has 1 aromatic carbocycles. The summed E-state index contributed by atoms with van der Waals surface area (Å²) in [6, 6.07) is 7.62. The summed E-state index contributed by atoms with van der Waals surface area (Å²) in [7, 11) is 0. The van der Waals surface area contributed by atoms with E-state index in [1.165, 1.54) is 42.6 Å². The van der Waals surface area contributed by atoms with Gasteiger partial charge in [-0.3, -0.25) is 9.69 Å². The van der Waals surface area contributed by atoms with Crippen molar-refractivity contribution in [1.82, 2.24) is 10.2 Å². The van der Waals surface area contributed by atoms with Gasteiger partial charge in [-0.15, -0.1) is 0 Å². The highest BCUT2D eigenvalue weighted by molar-refractivity contribution is 5.93. The second-order valence-corrected chi connectivity index (χ2v) is 7.60. The summed E-state index contributed by atoms with van der Waals surface area (Å²) >= 11 is 0. The highest BCUT2D eigenvalue weighted by Gasteiger charge is 2.51. The topological polar surface area (TPSA) is 69.6 Å². The molecule has 0 aromatic heterocycles. The molecule has 0 spiro atoms. The molecule has 2 aliphatic rings. The molecule has 0 bridgehead atoms. The summed E-state index contributed by atoms with van der Waals surface area (Å²) in [5.41, 5.74) is 1.76. The van der Waals surface area contributed by atoms with E-state index >= 15 is 0 Å². The first-order valence-electron chi connectivity index (χ1n) is 8.79. The zero-order valence-electron chi connectivity index (χ0n) is 14.4. The van der Waals surface area contributed by atoms with Crippen LogP contribution in [0.2, 0.25) is 0 Å². The number of carbonyl (C=O) groups is 2. The Kier molecular flexibility index (Phi) is 4.52. The molecule has 5 heteroatoms. The molecule has 1 atom stereocenters. The molecule has 2 N–H and O–H groups in total. The van der Waals surface area contributed by atoms with Crippen LogP contribution in [-0.2, 0) is 11.3 Å². The van der Waals surface area contributed by atoms with Crippen molar-refractivity contribution >= 4 is 12.0 Å². The first-order chi connectivity index (χ1) is 11.4. The molecule has 130 valence electrons. The number of rotatable bonds is 4. The molecule has 1 aliphatic carbocycles. The van der Waals surface area contributed by atoms with Crippen molar-refractivity contribution in [3.63, 3.8) is 0 Å². The predicted molar refractivity (Wildman–Crippen MR) is 91.8 cm³/mol. The lowest BCUT2D eigenvalue weighted by Gasteiger charge is -2.48. The van der Waals surface area contributed by atoms with Crippen molar-refractivity contribution in [3.8, 4) is 0 Å². The van der Waals surface area contributed by atoms with E-state index in [0.717, 1.165) is 5.56 Å². The maximum Gasteiger partial charge on any atom is 0.408 e. The minimum absolute atomic E-state index is 0.221. The number of carbonyl (C=O) groups excluding carboxylic acids is 1. The van der Waals surface area contributed by atoms with Gasteiger partial charge < -0.3 is 10.4 Å².